The number of aliphatic carboxylic acids is 1. The maximum Gasteiger partial charge on any atom is 0.307 e. The number of hydrogen-bond acceptors (Lipinski definition) is 4. The van der Waals surface area contributed by atoms with Crippen LogP contribution in [0.5, 0.6) is 0 Å². The Morgan fingerprint density at radius 3 is 2.52 bits per heavy atom. The Labute approximate surface area is 130 Å². The molecule has 2 aliphatic carbocycles. The number of nitro groups is 1. The average molecular weight is 320 g/mol. The highest BCUT2D eigenvalue weighted by Crippen LogP contribution is 2.48. The number of benzene rings is 1. The van der Waals surface area contributed by atoms with Crippen molar-refractivity contribution in [3.05, 3.63) is 46.3 Å². The largest absolute Gasteiger partial charge is 0.481 e. The van der Waals surface area contributed by atoms with Gasteiger partial charge in [0.05, 0.1) is 16.8 Å². The molecule has 1 fully saturated rings. The Kier molecular flexibility index (Phi) is 3.59. The van der Waals surface area contributed by atoms with E-state index < -0.39 is 40.1 Å². The van der Waals surface area contributed by atoms with Crippen LogP contribution in [-0.4, -0.2) is 21.9 Å². The van der Waals surface area contributed by atoms with E-state index >= 15 is 0 Å². The average Bonchev–Trinajstić information content (AvgIpc) is 3.09. The van der Waals surface area contributed by atoms with Crippen molar-refractivity contribution in [3.8, 4) is 0 Å². The van der Waals surface area contributed by atoms with E-state index in [1.54, 1.807) is 0 Å². The maximum absolute atomic E-state index is 13.3. The molecule has 23 heavy (non-hydrogen) atoms. The van der Waals surface area contributed by atoms with E-state index in [-0.39, 0.29) is 17.5 Å². The van der Waals surface area contributed by atoms with Crippen LogP contribution in [0.4, 0.5) is 15.8 Å². The molecule has 0 saturated heterocycles. The third kappa shape index (κ3) is 2.56. The summed E-state index contributed by atoms with van der Waals surface area (Å²) in [7, 11) is 0. The van der Waals surface area contributed by atoms with Gasteiger partial charge in [-0.3, -0.25) is 19.7 Å². The lowest BCUT2D eigenvalue weighted by Crippen LogP contribution is -2.36. The Morgan fingerprint density at radius 1 is 1.26 bits per heavy atom. The highest BCUT2D eigenvalue weighted by atomic mass is 19.1. The van der Waals surface area contributed by atoms with E-state index in [0.29, 0.717) is 6.42 Å². The van der Waals surface area contributed by atoms with Crippen LogP contribution in [-0.2, 0) is 9.59 Å². The number of carbonyl (C=O) groups is 2. The van der Waals surface area contributed by atoms with Crippen LogP contribution in [0.25, 0.3) is 0 Å². The van der Waals surface area contributed by atoms with Crippen LogP contribution in [0.3, 0.4) is 0 Å². The molecule has 3 rings (SSSR count). The number of allylic oxidation sites excluding steroid dienone is 2. The van der Waals surface area contributed by atoms with Crippen LogP contribution in [0.15, 0.2) is 30.4 Å². The summed E-state index contributed by atoms with van der Waals surface area (Å²) in [6, 6.07) is 3.02. The van der Waals surface area contributed by atoms with Gasteiger partial charge in [-0.2, -0.15) is 4.39 Å². The smallest absolute Gasteiger partial charge is 0.307 e. The highest BCUT2D eigenvalue weighted by Gasteiger charge is 2.51. The molecule has 0 spiro atoms. The number of hydrogen-bond donors (Lipinski definition) is 2. The van der Waals surface area contributed by atoms with Gasteiger partial charge in [-0.15, -0.1) is 0 Å². The summed E-state index contributed by atoms with van der Waals surface area (Å²) >= 11 is 0. The number of carbonyl (C=O) groups excluding carboxylic acids is 1. The van der Waals surface area contributed by atoms with Crippen molar-refractivity contribution < 1.29 is 24.0 Å². The molecule has 8 heteroatoms. The molecule has 0 heterocycles. The van der Waals surface area contributed by atoms with Crippen molar-refractivity contribution in [1.29, 1.82) is 0 Å². The molecule has 0 radical (unpaired) electrons. The first-order valence-electron chi connectivity index (χ1n) is 7.04. The third-order valence-corrected chi connectivity index (χ3v) is 4.46. The topological polar surface area (TPSA) is 110 Å². The molecule has 2 N–H and O–H groups in total. The van der Waals surface area contributed by atoms with E-state index in [1.165, 1.54) is 6.07 Å². The number of carboxylic acids is 1. The number of amides is 1. The zero-order valence-electron chi connectivity index (χ0n) is 11.8. The molecule has 120 valence electrons. The van der Waals surface area contributed by atoms with Crippen LogP contribution in [0, 0.1) is 39.6 Å². The lowest BCUT2D eigenvalue weighted by molar-refractivity contribution is -0.387. The summed E-state index contributed by atoms with van der Waals surface area (Å²) < 4.78 is 13.3. The fraction of sp³-hybridized carbons (Fsp3) is 0.333. The molecule has 0 aromatic heterocycles. The SMILES string of the molecule is O=C(O)[C@@H]1[C@H](C(=O)Nc2ccc(F)c([N+](=O)[O-])c2)[C@H]2C=C[C@@H]1C2. The van der Waals surface area contributed by atoms with E-state index in [9.17, 15) is 29.2 Å². The predicted octanol–water partition coefficient (Wildman–Crippen LogP) is 2.20. The number of anilines is 1. The van der Waals surface area contributed by atoms with Gasteiger partial charge in [-0.25, -0.2) is 0 Å². The van der Waals surface area contributed by atoms with Gasteiger partial charge >= 0.3 is 11.7 Å². The molecule has 0 aliphatic heterocycles. The fourth-order valence-corrected chi connectivity index (χ4v) is 3.47. The minimum Gasteiger partial charge on any atom is -0.481 e. The van der Waals surface area contributed by atoms with E-state index in [4.69, 9.17) is 0 Å². The van der Waals surface area contributed by atoms with Crippen molar-refractivity contribution in [2.75, 3.05) is 5.32 Å². The number of carboxylic acid groups (broad SMARTS) is 1. The highest BCUT2D eigenvalue weighted by molar-refractivity contribution is 5.96. The summed E-state index contributed by atoms with van der Waals surface area (Å²) in [4.78, 5) is 33.7. The minimum atomic E-state index is -1.04. The monoisotopic (exact) mass is 320 g/mol. The summed E-state index contributed by atoms with van der Waals surface area (Å²) in [6.45, 7) is 0. The van der Waals surface area contributed by atoms with E-state index in [1.807, 2.05) is 12.2 Å². The molecule has 1 saturated carbocycles. The first-order chi connectivity index (χ1) is 10.9. The molecule has 4 atom stereocenters. The van der Waals surface area contributed by atoms with Gasteiger partial charge in [-0.05, 0) is 30.4 Å². The Morgan fingerprint density at radius 2 is 1.91 bits per heavy atom. The Hall–Kier alpha value is -2.77. The van der Waals surface area contributed by atoms with E-state index in [0.717, 1.165) is 12.1 Å². The molecule has 1 aromatic carbocycles. The summed E-state index contributed by atoms with van der Waals surface area (Å²) in [6.07, 6.45) is 4.26. The lowest BCUT2D eigenvalue weighted by Gasteiger charge is -2.23. The van der Waals surface area contributed by atoms with Crippen LogP contribution in [0.1, 0.15) is 6.42 Å². The second-order valence-corrected chi connectivity index (χ2v) is 5.75. The van der Waals surface area contributed by atoms with E-state index in [2.05, 4.69) is 5.32 Å². The first kappa shape index (κ1) is 15.1. The summed E-state index contributed by atoms with van der Waals surface area (Å²) in [5.74, 6) is -4.42. The Bertz CT molecular complexity index is 733. The summed E-state index contributed by atoms with van der Waals surface area (Å²) in [5, 5.41) is 22.5. The number of nitrogens with one attached hydrogen (secondary N) is 1. The molecular weight excluding hydrogens is 307 g/mol. The van der Waals surface area contributed by atoms with Gasteiger partial charge in [0.25, 0.3) is 0 Å². The van der Waals surface area contributed by atoms with Crippen molar-refractivity contribution in [3.63, 3.8) is 0 Å². The van der Waals surface area contributed by atoms with Crippen molar-refractivity contribution in [2.45, 2.75) is 6.42 Å². The van der Waals surface area contributed by atoms with Crippen LogP contribution in [0.2, 0.25) is 0 Å². The normalized spacial score (nSPS) is 27.9. The molecule has 0 unspecified atom stereocenters. The number of nitro benzene ring substituents is 1. The van der Waals surface area contributed by atoms with Crippen molar-refractivity contribution >= 4 is 23.3 Å². The molecular formula is C15H13FN2O5. The van der Waals surface area contributed by atoms with Gasteiger partial charge in [0.1, 0.15) is 0 Å². The van der Waals surface area contributed by atoms with Gasteiger partial charge in [0, 0.05) is 11.8 Å². The number of rotatable bonds is 4. The van der Waals surface area contributed by atoms with Crippen molar-refractivity contribution in [1.82, 2.24) is 0 Å². The molecule has 1 amide bonds. The summed E-state index contributed by atoms with van der Waals surface area (Å²) in [5.41, 5.74) is -0.676. The number of nitrogens with zero attached hydrogens (tertiary/aromatic N) is 1. The van der Waals surface area contributed by atoms with Gasteiger partial charge in [0.2, 0.25) is 11.7 Å². The molecule has 2 bridgehead atoms. The van der Waals surface area contributed by atoms with Crippen LogP contribution < -0.4 is 5.32 Å². The zero-order valence-corrected chi connectivity index (χ0v) is 11.8. The maximum atomic E-state index is 13.3. The minimum absolute atomic E-state index is 0.0685. The lowest BCUT2D eigenvalue weighted by atomic mass is 9.82. The second kappa shape index (κ2) is 5.45. The standard InChI is InChI=1S/C15H13FN2O5/c16-10-4-3-9(6-11(10)18(22)23)17-14(19)12-7-1-2-8(5-7)13(12)15(20)21/h1-4,6-8,12-13H,5H2,(H,17,19)(H,20,21)/t7-,8+,12+,13-/m0/s1. The van der Waals surface area contributed by atoms with Gasteiger partial charge in [0.15, 0.2) is 0 Å². The van der Waals surface area contributed by atoms with Gasteiger partial charge < -0.3 is 10.4 Å². The fourth-order valence-electron chi connectivity index (χ4n) is 3.47. The first-order valence-corrected chi connectivity index (χ1v) is 7.04. The predicted molar refractivity (Wildman–Crippen MR) is 77.0 cm³/mol. The number of fused-ring (bicyclic) bond motifs is 2. The van der Waals surface area contributed by atoms with Crippen LogP contribution >= 0.6 is 0 Å². The number of halogens is 1. The zero-order chi connectivity index (χ0) is 16.7. The quantitative estimate of drug-likeness (QED) is 0.502. The Balaban J connectivity index is 1.82. The molecule has 7 nitrogen and oxygen atoms in total. The molecule has 1 aromatic rings. The third-order valence-electron chi connectivity index (χ3n) is 4.46. The molecule has 2 aliphatic rings. The second-order valence-electron chi connectivity index (χ2n) is 5.75. The van der Waals surface area contributed by atoms with Crippen molar-refractivity contribution in [2.24, 2.45) is 23.7 Å². The van der Waals surface area contributed by atoms with Gasteiger partial charge in [-0.1, -0.05) is 12.2 Å².